The van der Waals surface area contributed by atoms with Gasteiger partial charge in [-0.15, -0.1) is 0 Å². The first-order valence-corrected chi connectivity index (χ1v) is 6.54. The van der Waals surface area contributed by atoms with E-state index >= 15 is 0 Å². The van der Waals surface area contributed by atoms with Crippen LogP contribution in [0.1, 0.15) is 19.8 Å². The smallest absolute Gasteiger partial charge is 0.326 e. The third kappa shape index (κ3) is 2.82. The van der Waals surface area contributed by atoms with Gasteiger partial charge in [-0.2, -0.15) is 0 Å². The van der Waals surface area contributed by atoms with Crippen LogP contribution in [0, 0.1) is 5.92 Å². The van der Waals surface area contributed by atoms with Gasteiger partial charge in [-0.25, -0.2) is 9.59 Å². The number of urea groups is 1. The molecule has 2 aliphatic heterocycles. The Morgan fingerprint density at radius 2 is 1.89 bits per heavy atom. The number of carboxylic acid groups (broad SMARTS) is 1. The Morgan fingerprint density at radius 3 is 2.47 bits per heavy atom. The van der Waals surface area contributed by atoms with Gasteiger partial charge in [0.2, 0.25) is 0 Å². The van der Waals surface area contributed by atoms with Crippen molar-refractivity contribution >= 4 is 12.0 Å². The minimum Gasteiger partial charge on any atom is -0.480 e. The lowest BCUT2D eigenvalue weighted by Gasteiger charge is -2.37. The fourth-order valence-corrected chi connectivity index (χ4v) is 2.66. The molecule has 0 saturated carbocycles. The van der Waals surface area contributed by atoms with Gasteiger partial charge in [0.25, 0.3) is 0 Å². The number of β-amino-alcohol motifs (C(OH)–C–C–N with tert-alkyl or cyclic N) is 2. The molecule has 0 aromatic heterocycles. The van der Waals surface area contributed by atoms with Crippen molar-refractivity contribution in [2.75, 3.05) is 19.6 Å². The summed E-state index contributed by atoms with van der Waals surface area (Å²) in [6.45, 7) is 2.69. The van der Waals surface area contributed by atoms with Crippen molar-refractivity contribution in [3.63, 3.8) is 0 Å². The maximum absolute atomic E-state index is 12.3. The third-order valence-corrected chi connectivity index (χ3v) is 4.00. The number of hydrogen-bond acceptors (Lipinski definition) is 4. The molecule has 7 heteroatoms. The topological polar surface area (TPSA) is 101 Å². The fraction of sp³-hybridized carbons (Fsp3) is 0.833. The molecule has 108 valence electrons. The van der Waals surface area contributed by atoms with E-state index in [1.165, 1.54) is 9.80 Å². The number of carbonyl (C=O) groups is 2. The Bertz CT molecular complexity index is 375. The van der Waals surface area contributed by atoms with Crippen LogP contribution in [0.25, 0.3) is 0 Å². The summed E-state index contributed by atoms with van der Waals surface area (Å²) in [5, 5.41) is 28.4. The molecule has 0 aromatic carbocycles. The van der Waals surface area contributed by atoms with Crippen LogP contribution < -0.4 is 0 Å². The van der Waals surface area contributed by atoms with Crippen molar-refractivity contribution in [1.29, 1.82) is 0 Å². The second-order valence-electron chi connectivity index (χ2n) is 5.46. The van der Waals surface area contributed by atoms with E-state index in [9.17, 15) is 19.8 Å². The molecule has 4 atom stereocenters. The maximum atomic E-state index is 12.3. The Labute approximate surface area is 111 Å². The van der Waals surface area contributed by atoms with Gasteiger partial charge in [0.05, 0.1) is 12.2 Å². The standard InChI is InChI=1S/C12H20N2O5/c1-7-2-3-13(6-10(7)16)12(19)14-5-8(15)4-9(14)11(17)18/h7-10,15-16H,2-6H2,1H3,(H,17,18)/t7?,8-,9-,10?/m0/s1. The number of likely N-dealkylation sites (tertiary alicyclic amines) is 2. The lowest BCUT2D eigenvalue weighted by molar-refractivity contribution is -0.141. The fourth-order valence-electron chi connectivity index (χ4n) is 2.66. The summed E-state index contributed by atoms with van der Waals surface area (Å²) in [5.74, 6) is -0.959. The summed E-state index contributed by atoms with van der Waals surface area (Å²) < 4.78 is 0. The highest BCUT2D eigenvalue weighted by Crippen LogP contribution is 2.23. The summed E-state index contributed by atoms with van der Waals surface area (Å²) in [5.41, 5.74) is 0. The summed E-state index contributed by atoms with van der Waals surface area (Å²) in [7, 11) is 0. The van der Waals surface area contributed by atoms with E-state index in [0.29, 0.717) is 13.0 Å². The molecule has 2 rings (SSSR count). The molecule has 0 spiro atoms. The second-order valence-corrected chi connectivity index (χ2v) is 5.46. The molecule has 2 amide bonds. The highest BCUT2D eigenvalue weighted by molar-refractivity contribution is 5.83. The first-order valence-electron chi connectivity index (χ1n) is 6.54. The molecule has 0 radical (unpaired) electrons. The number of nitrogens with zero attached hydrogens (tertiary/aromatic N) is 2. The number of aliphatic carboxylic acids is 1. The average Bonchev–Trinajstić information content (AvgIpc) is 2.74. The van der Waals surface area contributed by atoms with Gasteiger partial charge in [-0.3, -0.25) is 0 Å². The first-order chi connectivity index (χ1) is 8.90. The average molecular weight is 272 g/mol. The number of carboxylic acids is 1. The van der Waals surface area contributed by atoms with Crippen LogP contribution in [0.3, 0.4) is 0 Å². The van der Waals surface area contributed by atoms with Crippen molar-refractivity contribution in [3.8, 4) is 0 Å². The lowest BCUT2D eigenvalue weighted by atomic mass is 9.96. The van der Waals surface area contributed by atoms with Gasteiger partial charge >= 0.3 is 12.0 Å². The van der Waals surface area contributed by atoms with E-state index in [0.717, 1.165) is 0 Å². The van der Waals surface area contributed by atoms with Gasteiger partial charge < -0.3 is 25.1 Å². The van der Waals surface area contributed by atoms with E-state index in [-0.39, 0.29) is 25.4 Å². The normalized spacial score (nSPS) is 35.5. The largest absolute Gasteiger partial charge is 0.480 e. The molecular weight excluding hydrogens is 252 g/mol. The highest BCUT2D eigenvalue weighted by atomic mass is 16.4. The second kappa shape index (κ2) is 5.34. The lowest BCUT2D eigenvalue weighted by Crippen LogP contribution is -2.53. The molecule has 2 aliphatic rings. The molecule has 2 unspecified atom stereocenters. The maximum Gasteiger partial charge on any atom is 0.326 e. The van der Waals surface area contributed by atoms with E-state index in [1.807, 2.05) is 6.92 Å². The van der Waals surface area contributed by atoms with Crippen molar-refractivity contribution < 1.29 is 24.9 Å². The SMILES string of the molecule is CC1CCN(C(=O)N2C[C@@H](O)C[C@H]2C(=O)O)CC1O. The molecule has 2 fully saturated rings. The quantitative estimate of drug-likeness (QED) is 0.587. The molecular formula is C12H20N2O5. The molecule has 0 aromatic rings. The van der Waals surface area contributed by atoms with Crippen molar-refractivity contribution in [3.05, 3.63) is 0 Å². The van der Waals surface area contributed by atoms with Gasteiger partial charge in [-0.05, 0) is 12.3 Å². The number of carbonyl (C=O) groups excluding carboxylic acids is 1. The van der Waals surface area contributed by atoms with E-state index in [4.69, 9.17) is 5.11 Å². The van der Waals surface area contributed by atoms with Crippen LogP contribution in [0.2, 0.25) is 0 Å². The Balaban J connectivity index is 2.04. The van der Waals surface area contributed by atoms with Crippen LogP contribution in [0.5, 0.6) is 0 Å². The van der Waals surface area contributed by atoms with Crippen LogP contribution in [0.15, 0.2) is 0 Å². The van der Waals surface area contributed by atoms with Crippen molar-refractivity contribution in [2.24, 2.45) is 5.92 Å². The number of amides is 2. The van der Waals surface area contributed by atoms with Gasteiger partial charge in [0, 0.05) is 26.1 Å². The molecule has 0 aliphatic carbocycles. The number of piperidine rings is 1. The predicted molar refractivity (Wildman–Crippen MR) is 65.5 cm³/mol. The molecule has 2 heterocycles. The molecule has 3 N–H and O–H groups in total. The minimum atomic E-state index is -1.10. The van der Waals surface area contributed by atoms with Gasteiger partial charge in [0.15, 0.2) is 0 Å². The van der Waals surface area contributed by atoms with Crippen molar-refractivity contribution in [2.45, 2.75) is 38.0 Å². The zero-order chi connectivity index (χ0) is 14.2. The van der Waals surface area contributed by atoms with E-state index in [2.05, 4.69) is 0 Å². The Morgan fingerprint density at radius 1 is 1.21 bits per heavy atom. The molecule has 0 bridgehead atoms. The minimum absolute atomic E-state index is 0.0396. The van der Waals surface area contributed by atoms with Gasteiger partial charge in [0.1, 0.15) is 6.04 Å². The monoisotopic (exact) mass is 272 g/mol. The molecule has 7 nitrogen and oxygen atoms in total. The van der Waals surface area contributed by atoms with Crippen LogP contribution in [-0.2, 0) is 4.79 Å². The van der Waals surface area contributed by atoms with E-state index < -0.39 is 30.3 Å². The number of rotatable bonds is 1. The number of aliphatic hydroxyl groups is 2. The summed E-state index contributed by atoms with van der Waals surface area (Å²) in [4.78, 5) is 26.0. The Hall–Kier alpha value is -1.34. The summed E-state index contributed by atoms with van der Waals surface area (Å²) >= 11 is 0. The summed E-state index contributed by atoms with van der Waals surface area (Å²) in [6, 6.07) is -1.38. The number of aliphatic hydroxyl groups excluding tert-OH is 2. The van der Waals surface area contributed by atoms with Gasteiger partial charge in [-0.1, -0.05) is 6.92 Å². The zero-order valence-corrected chi connectivity index (χ0v) is 10.9. The van der Waals surface area contributed by atoms with Crippen LogP contribution >= 0.6 is 0 Å². The summed E-state index contributed by atoms with van der Waals surface area (Å²) in [6.07, 6.45) is -0.610. The highest BCUT2D eigenvalue weighted by Gasteiger charge is 2.41. The molecule has 19 heavy (non-hydrogen) atoms. The first kappa shape index (κ1) is 14.1. The third-order valence-electron chi connectivity index (χ3n) is 4.00. The molecule has 2 saturated heterocycles. The van der Waals surface area contributed by atoms with Crippen LogP contribution in [0.4, 0.5) is 4.79 Å². The Kier molecular flexibility index (Phi) is 3.96. The van der Waals surface area contributed by atoms with Crippen molar-refractivity contribution in [1.82, 2.24) is 9.80 Å². The predicted octanol–water partition coefficient (Wildman–Crippen LogP) is -0.671. The van der Waals surface area contributed by atoms with Crippen LogP contribution in [-0.4, -0.2) is 75.0 Å². The zero-order valence-electron chi connectivity index (χ0n) is 10.9. The number of hydrogen-bond donors (Lipinski definition) is 3. The van der Waals surface area contributed by atoms with E-state index in [1.54, 1.807) is 0 Å².